The molecule has 0 aliphatic carbocycles. The number of anilines is 2. The largest absolute Gasteiger partial charge is 0.497 e. The van der Waals surface area contributed by atoms with Crippen molar-refractivity contribution in [2.45, 2.75) is 11.3 Å². The molecule has 124 valence electrons. The van der Waals surface area contributed by atoms with Crippen LogP contribution in [0, 0.1) is 11.3 Å². The Labute approximate surface area is 147 Å². The molecule has 0 radical (unpaired) electrons. The fourth-order valence-corrected chi connectivity index (χ4v) is 3.36. The first kappa shape index (κ1) is 17.8. The lowest BCUT2D eigenvalue weighted by Crippen LogP contribution is -2.10. The average Bonchev–Trinajstić information content (AvgIpc) is 3.01. The van der Waals surface area contributed by atoms with Crippen molar-refractivity contribution in [1.82, 2.24) is 10.2 Å². The summed E-state index contributed by atoms with van der Waals surface area (Å²) < 4.78 is 5.79. The Bertz CT molecular complexity index is 806. The van der Waals surface area contributed by atoms with E-state index in [1.54, 1.807) is 7.11 Å². The number of carbonyl (C=O) groups excluding carboxylic acids is 1. The Morgan fingerprint density at radius 1 is 1.50 bits per heavy atom. The summed E-state index contributed by atoms with van der Waals surface area (Å²) in [4.78, 5) is 11.9. The van der Waals surface area contributed by atoms with Gasteiger partial charge in [0.2, 0.25) is 5.13 Å². The van der Waals surface area contributed by atoms with E-state index in [0.29, 0.717) is 9.47 Å². The molecule has 0 atom stereocenters. The molecule has 0 amide bonds. The van der Waals surface area contributed by atoms with Crippen molar-refractivity contribution < 1.29 is 9.53 Å². The zero-order valence-electron chi connectivity index (χ0n) is 13.1. The molecule has 7 nitrogen and oxygen atoms in total. The van der Waals surface area contributed by atoms with Crippen LogP contribution < -0.4 is 15.8 Å². The number of ketones is 1. The Kier molecular flexibility index (Phi) is 6.17. The fraction of sp³-hybridized carbons (Fsp3) is 0.200. The van der Waals surface area contributed by atoms with E-state index in [4.69, 9.17) is 15.7 Å². The maximum absolute atomic E-state index is 11.9. The second-order valence-electron chi connectivity index (χ2n) is 4.61. The number of nitriles is 1. The minimum atomic E-state index is -0.319. The van der Waals surface area contributed by atoms with Gasteiger partial charge in [0.25, 0.3) is 0 Å². The van der Waals surface area contributed by atoms with Crippen LogP contribution in [0.25, 0.3) is 0 Å². The third-order valence-electron chi connectivity index (χ3n) is 2.84. The summed E-state index contributed by atoms with van der Waals surface area (Å²) in [6, 6.07) is 9.25. The van der Waals surface area contributed by atoms with E-state index in [9.17, 15) is 4.79 Å². The molecular formula is C15H15N5O2S2. The molecule has 3 N–H and O–H groups in total. The molecule has 1 aromatic carbocycles. The van der Waals surface area contributed by atoms with Crippen LogP contribution in [0.5, 0.6) is 5.75 Å². The minimum Gasteiger partial charge on any atom is -0.497 e. The molecule has 2 aromatic rings. The molecule has 0 aliphatic rings. The van der Waals surface area contributed by atoms with Gasteiger partial charge in [-0.2, -0.15) is 5.26 Å². The first-order chi connectivity index (χ1) is 11.5. The number of benzene rings is 1. The molecule has 9 heteroatoms. The highest BCUT2D eigenvalue weighted by Crippen LogP contribution is 2.29. The van der Waals surface area contributed by atoms with Crippen LogP contribution in [0.4, 0.5) is 10.8 Å². The smallest absolute Gasteiger partial charge is 0.210 e. The number of nitrogens with two attached hydrogens (primary N) is 1. The standard InChI is InChI=1S/C15H15N5O2S2/c1-9(17)12(7-16)13(21)8-23-15-20-19-14(24-15)18-10-4-3-5-11(6-10)22-2/h3-6H,8,17H2,1-2H3,(H,18,19)/b12-9-. The van der Waals surface area contributed by atoms with Crippen LogP contribution in [0.3, 0.4) is 0 Å². The molecule has 0 aliphatic heterocycles. The first-order valence-corrected chi connectivity index (χ1v) is 8.60. The van der Waals surface area contributed by atoms with Gasteiger partial charge in [0.05, 0.1) is 12.9 Å². The predicted molar refractivity (Wildman–Crippen MR) is 94.4 cm³/mol. The average molecular weight is 361 g/mol. The van der Waals surface area contributed by atoms with E-state index in [1.165, 1.54) is 30.0 Å². The van der Waals surface area contributed by atoms with Gasteiger partial charge in [-0.05, 0) is 19.1 Å². The lowest BCUT2D eigenvalue weighted by atomic mass is 10.2. The highest BCUT2D eigenvalue weighted by molar-refractivity contribution is 8.01. The zero-order chi connectivity index (χ0) is 17.5. The summed E-state index contributed by atoms with van der Waals surface area (Å²) in [5.74, 6) is 0.503. The van der Waals surface area contributed by atoms with E-state index in [0.717, 1.165) is 11.4 Å². The van der Waals surface area contributed by atoms with E-state index in [2.05, 4.69) is 15.5 Å². The van der Waals surface area contributed by atoms with Gasteiger partial charge in [-0.25, -0.2) is 0 Å². The van der Waals surface area contributed by atoms with E-state index >= 15 is 0 Å². The molecule has 24 heavy (non-hydrogen) atoms. The molecule has 0 bridgehead atoms. The zero-order valence-corrected chi connectivity index (χ0v) is 14.7. The molecule has 0 saturated heterocycles. The normalized spacial score (nSPS) is 11.4. The maximum Gasteiger partial charge on any atom is 0.210 e. The molecule has 1 aromatic heterocycles. The van der Waals surface area contributed by atoms with E-state index in [-0.39, 0.29) is 22.8 Å². The number of nitrogens with one attached hydrogen (secondary N) is 1. The number of rotatable bonds is 7. The summed E-state index contributed by atoms with van der Waals surface area (Å²) in [6.45, 7) is 1.53. The van der Waals surface area contributed by atoms with Crippen LogP contribution >= 0.6 is 23.1 Å². The quantitative estimate of drug-likeness (QED) is 0.439. The third kappa shape index (κ3) is 4.71. The number of Topliss-reactive ketones (excluding diaryl/α,β-unsaturated/α-hetero) is 1. The van der Waals surface area contributed by atoms with Gasteiger partial charge in [0.1, 0.15) is 17.4 Å². The lowest BCUT2D eigenvalue weighted by Gasteiger charge is -2.04. The highest BCUT2D eigenvalue weighted by Gasteiger charge is 2.14. The van der Waals surface area contributed by atoms with Crippen molar-refractivity contribution in [3.8, 4) is 11.8 Å². The first-order valence-electron chi connectivity index (χ1n) is 6.80. The topological polar surface area (TPSA) is 114 Å². The number of hydrogen-bond donors (Lipinski definition) is 2. The van der Waals surface area contributed by atoms with Crippen molar-refractivity contribution in [3.05, 3.63) is 35.5 Å². The third-order valence-corrected chi connectivity index (χ3v) is 4.81. The van der Waals surface area contributed by atoms with E-state index < -0.39 is 0 Å². The number of nitrogens with zero attached hydrogens (tertiary/aromatic N) is 3. The van der Waals surface area contributed by atoms with Crippen LogP contribution in [0.1, 0.15) is 6.92 Å². The second kappa shape index (κ2) is 8.33. The highest BCUT2D eigenvalue weighted by atomic mass is 32.2. The van der Waals surface area contributed by atoms with Gasteiger partial charge in [-0.1, -0.05) is 29.2 Å². The van der Waals surface area contributed by atoms with Crippen LogP contribution in [-0.2, 0) is 4.79 Å². The molecule has 0 fully saturated rings. The van der Waals surface area contributed by atoms with Gasteiger partial charge < -0.3 is 15.8 Å². The molecule has 0 saturated carbocycles. The number of methoxy groups -OCH3 is 1. The molecule has 0 unspecified atom stereocenters. The Hall–Kier alpha value is -2.57. The Balaban J connectivity index is 1.97. The fourth-order valence-electron chi connectivity index (χ4n) is 1.71. The minimum absolute atomic E-state index is 0.0123. The Morgan fingerprint density at radius 3 is 2.96 bits per heavy atom. The Morgan fingerprint density at radius 2 is 2.29 bits per heavy atom. The van der Waals surface area contributed by atoms with Gasteiger partial charge in [0, 0.05) is 17.5 Å². The monoisotopic (exact) mass is 361 g/mol. The summed E-state index contributed by atoms with van der Waals surface area (Å²) in [5.41, 5.74) is 6.55. The van der Waals surface area contributed by atoms with Gasteiger partial charge in [0.15, 0.2) is 10.1 Å². The number of ether oxygens (including phenoxy) is 1. The predicted octanol–water partition coefficient (Wildman–Crippen LogP) is 2.71. The molecule has 1 heterocycles. The van der Waals surface area contributed by atoms with Crippen molar-refractivity contribution >= 4 is 39.7 Å². The van der Waals surface area contributed by atoms with Crippen LogP contribution in [0.2, 0.25) is 0 Å². The van der Waals surface area contributed by atoms with Crippen molar-refractivity contribution in [2.24, 2.45) is 5.73 Å². The maximum atomic E-state index is 11.9. The SMILES string of the molecule is COc1cccc(Nc2nnc(SCC(=O)/C(C#N)=C(/C)N)s2)c1. The van der Waals surface area contributed by atoms with Crippen molar-refractivity contribution in [1.29, 1.82) is 5.26 Å². The number of aromatic nitrogens is 2. The van der Waals surface area contributed by atoms with Crippen molar-refractivity contribution in [2.75, 3.05) is 18.2 Å². The molecular weight excluding hydrogens is 346 g/mol. The lowest BCUT2D eigenvalue weighted by molar-refractivity contribution is -0.112. The summed E-state index contributed by atoms with van der Waals surface area (Å²) in [6.07, 6.45) is 0. The summed E-state index contributed by atoms with van der Waals surface area (Å²) >= 11 is 2.54. The van der Waals surface area contributed by atoms with E-state index in [1.807, 2.05) is 30.3 Å². The van der Waals surface area contributed by atoms with Crippen molar-refractivity contribution in [3.63, 3.8) is 0 Å². The summed E-state index contributed by atoms with van der Waals surface area (Å²) in [7, 11) is 1.60. The van der Waals surface area contributed by atoms with Crippen LogP contribution in [0.15, 0.2) is 39.9 Å². The molecule has 2 rings (SSSR count). The number of thioether (sulfide) groups is 1. The van der Waals surface area contributed by atoms with Gasteiger partial charge >= 0.3 is 0 Å². The second-order valence-corrected chi connectivity index (χ2v) is 6.81. The van der Waals surface area contributed by atoms with Gasteiger partial charge in [-0.15, -0.1) is 10.2 Å². The number of allylic oxidation sites excluding steroid dienone is 2. The summed E-state index contributed by atoms with van der Waals surface area (Å²) in [5, 5.41) is 20.7. The number of hydrogen-bond acceptors (Lipinski definition) is 9. The van der Waals surface area contributed by atoms with Gasteiger partial charge in [-0.3, -0.25) is 4.79 Å². The molecule has 0 spiro atoms. The number of carbonyl (C=O) groups is 1. The van der Waals surface area contributed by atoms with Crippen LogP contribution in [-0.4, -0.2) is 28.8 Å².